The molecule has 1 aromatic heterocycles. The van der Waals surface area contributed by atoms with Gasteiger partial charge in [0, 0.05) is 24.7 Å². The number of nitrogens with one attached hydrogen (secondary N) is 1. The Hall–Kier alpha value is -1.09. The number of anilines is 1. The van der Waals surface area contributed by atoms with Gasteiger partial charge in [0.25, 0.3) is 0 Å². The largest absolute Gasteiger partial charge is 0.354 e. The molecule has 0 amide bonds. The van der Waals surface area contributed by atoms with Gasteiger partial charge in [-0.25, -0.2) is 4.98 Å². The Morgan fingerprint density at radius 1 is 1.32 bits per heavy atom. The molecule has 2 rings (SSSR count). The van der Waals surface area contributed by atoms with E-state index in [0.717, 1.165) is 30.6 Å². The van der Waals surface area contributed by atoms with Gasteiger partial charge in [0.05, 0.1) is 5.69 Å². The van der Waals surface area contributed by atoms with Crippen molar-refractivity contribution in [1.82, 2.24) is 10.3 Å². The maximum Gasteiger partial charge on any atom is 0.129 e. The lowest BCUT2D eigenvalue weighted by Gasteiger charge is -2.24. The van der Waals surface area contributed by atoms with E-state index in [1.54, 1.807) is 0 Å². The zero-order valence-corrected chi connectivity index (χ0v) is 12.7. The first-order valence-corrected chi connectivity index (χ1v) is 7.47. The molecule has 106 valence electrons. The maximum absolute atomic E-state index is 4.82. The monoisotopic (exact) mass is 261 g/mol. The Kier molecular flexibility index (Phi) is 4.46. The minimum atomic E-state index is 0.136. The summed E-state index contributed by atoms with van der Waals surface area (Å²) in [6.45, 7) is 10.7. The van der Waals surface area contributed by atoms with E-state index in [4.69, 9.17) is 4.98 Å². The van der Waals surface area contributed by atoms with Gasteiger partial charge in [-0.05, 0) is 52.2 Å². The highest BCUT2D eigenvalue weighted by Crippen LogP contribution is 2.30. The summed E-state index contributed by atoms with van der Waals surface area (Å²) < 4.78 is 0. The molecule has 0 unspecified atom stereocenters. The SMILES string of the molecule is CCCN(c1cccc(CNC(C)(C)C)n1)C1CC1. The molecule has 0 aliphatic heterocycles. The Labute approximate surface area is 117 Å². The van der Waals surface area contributed by atoms with E-state index >= 15 is 0 Å². The van der Waals surface area contributed by atoms with Crippen molar-refractivity contribution >= 4 is 5.82 Å². The minimum Gasteiger partial charge on any atom is -0.354 e. The van der Waals surface area contributed by atoms with Crippen molar-refractivity contribution in [2.24, 2.45) is 0 Å². The molecule has 1 saturated carbocycles. The molecule has 0 bridgehead atoms. The smallest absolute Gasteiger partial charge is 0.129 e. The average molecular weight is 261 g/mol. The second-order valence-corrected chi connectivity index (χ2v) is 6.52. The van der Waals surface area contributed by atoms with E-state index in [0.29, 0.717) is 0 Å². The lowest BCUT2D eigenvalue weighted by Crippen LogP contribution is -2.35. The quantitative estimate of drug-likeness (QED) is 0.851. The van der Waals surface area contributed by atoms with Gasteiger partial charge in [0.1, 0.15) is 5.82 Å². The van der Waals surface area contributed by atoms with Crippen LogP contribution in [-0.2, 0) is 6.54 Å². The van der Waals surface area contributed by atoms with Crippen LogP contribution in [0.4, 0.5) is 5.82 Å². The van der Waals surface area contributed by atoms with Crippen LogP contribution in [0.3, 0.4) is 0 Å². The second-order valence-electron chi connectivity index (χ2n) is 6.52. The van der Waals surface area contributed by atoms with Crippen molar-refractivity contribution in [2.45, 2.75) is 65.1 Å². The Balaban J connectivity index is 2.05. The average Bonchev–Trinajstić information content (AvgIpc) is 3.17. The molecule has 1 aliphatic rings. The van der Waals surface area contributed by atoms with Crippen LogP contribution in [0.2, 0.25) is 0 Å². The number of aromatic nitrogens is 1. The molecule has 0 atom stereocenters. The molecule has 1 fully saturated rings. The molecule has 19 heavy (non-hydrogen) atoms. The van der Waals surface area contributed by atoms with Crippen LogP contribution in [0.15, 0.2) is 18.2 Å². The Morgan fingerprint density at radius 2 is 2.05 bits per heavy atom. The van der Waals surface area contributed by atoms with Gasteiger partial charge in [-0.3, -0.25) is 0 Å². The van der Waals surface area contributed by atoms with Gasteiger partial charge in [0.2, 0.25) is 0 Å². The third-order valence-electron chi connectivity index (χ3n) is 3.34. The van der Waals surface area contributed by atoms with Gasteiger partial charge >= 0.3 is 0 Å². The van der Waals surface area contributed by atoms with Gasteiger partial charge in [-0.2, -0.15) is 0 Å². The number of pyridine rings is 1. The van der Waals surface area contributed by atoms with Crippen molar-refractivity contribution < 1.29 is 0 Å². The highest BCUT2D eigenvalue weighted by molar-refractivity contribution is 5.42. The van der Waals surface area contributed by atoms with Crippen molar-refractivity contribution in [3.8, 4) is 0 Å². The fraction of sp³-hybridized carbons (Fsp3) is 0.688. The number of hydrogen-bond donors (Lipinski definition) is 1. The van der Waals surface area contributed by atoms with Gasteiger partial charge in [-0.15, -0.1) is 0 Å². The number of hydrogen-bond acceptors (Lipinski definition) is 3. The summed E-state index contributed by atoms with van der Waals surface area (Å²) in [5.41, 5.74) is 1.27. The fourth-order valence-electron chi connectivity index (χ4n) is 2.19. The topological polar surface area (TPSA) is 28.2 Å². The van der Waals surface area contributed by atoms with Crippen molar-refractivity contribution in [2.75, 3.05) is 11.4 Å². The lowest BCUT2D eigenvalue weighted by atomic mass is 10.1. The highest BCUT2D eigenvalue weighted by Gasteiger charge is 2.29. The lowest BCUT2D eigenvalue weighted by molar-refractivity contribution is 0.421. The van der Waals surface area contributed by atoms with E-state index in [1.807, 2.05) is 0 Å². The molecule has 1 N–H and O–H groups in total. The van der Waals surface area contributed by atoms with E-state index in [2.05, 4.69) is 56.1 Å². The third-order valence-corrected chi connectivity index (χ3v) is 3.34. The van der Waals surface area contributed by atoms with Crippen LogP contribution in [0.5, 0.6) is 0 Å². The van der Waals surface area contributed by atoms with Crippen molar-refractivity contribution in [1.29, 1.82) is 0 Å². The van der Waals surface area contributed by atoms with Crippen LogP contribution in [-0.4, -0.2) is 23.1 Å². The zero-order chi connectivity index (χ0) is 13.9. The molecule has 1 aliphatic carbocycles. The van der Waals surface area contributed by atoms with Crippen molar-refractivity contribution in [3.05, 3.63) is 23.9 Å². The van der Waals surface area contributed by atoms with Crippen LogP contribution in [0.25, 0.3) is 0 Å². The van der Waals surface area contributed by atoms with Crippen LogP contribution < -0.4 is 10.2 Å². The first-order valence-electron chi connectivity index (χ1n) is 7.47. The summed E-state index contributed by atoms with van der Waals surface area (Å²) in [5, 5.41) is 3.50. The molecule has 1 heterocycles. The molecule has 0 aromatic carbocycles. The summed E-state index contributed by atoms with van der Waals surface area (Å²) in [6, 6.07) is 7.12. The molecule has 0 saturated heterocycles. The summed E-state index contributed by atoms with van der Waals surface area (Å²) in [4.78, 5) is 7.29. The molecular formula is C16H27N3. The van der Waals surface area contributed by atoms with E-state index in [-0.39, 0.29) is 5.54 Å². The normalized spacial score (nSPS) is 15.6. The summed E-state index contributed by atoms with van der Waals surface area (Å²) >= 11 is 0. The zero-order valence-electron chi connectivity index (χ0n) is 12.7. The van der Waals surface area contributed by atoms with Gasteiger partial charge in [0.15, 0.2) is 0 Å². The Morgan fingerprint density at radius 3 is 2.63 bits per heavy atom. The minimum absolute atomic E-state index is 0.136. The number of rotatable bonds is 6. The second kappa shape index (κ2) is 5.91. The highest BCUT2D eigenvalue weighted by atomic mass is 15.2. The molecule has 3 nitrogen and oxygen atoms in total. The standard InChI is InChI=1S/C16H27N3/c1-5-11-19(14-9-10-14)15-8-6-7-13(18-15)12-17-16(2,3)4/h6-8,14,17H,5,9-12H2,1-4H3. The fourth-order valence-corrected chi connectivity index (χ4v) is 2.19. The van der Waals surface area contributed by atoms with E-state index < -0.39 is 0 Å². The predicted octanol–water partition coefficient (Wildman–Crippen LogP) is 3.35. The number of nitrogens with zero attached hydrogens (tertiary/aromatic N) is 2. The summed E-state index contributed by atoms with van der Waals surface area (Å²) in [6.07, 6.45) is 3.83. The summed E-state index contributed by atoms with van der Waals surface area (Å²) in [7, 11) is 0. The third kappa shape index (κ3) is 4.50. The van der Waals surface area contributed by atoms with Crippen LogP contribution >= 0.6 is 0 Å². The Bertz CT molecular complexity index is 405. The van der Waals surface area contributed by atoms with Crippen LogP contribution in [0, 0.1) is 0 Å². The molecule has 0 radical (unpaired) electrons. The molecular weight excluding hydrogens is 234 g/mol. The van der Waals surface area contributed by atoms with E-state index in [9.17, 15) is 0 Å². The first-order chi connectivity index (χ1) is 8.99. The predicted molar refractivity (Wildman–Crippen MR) is 81.5 cm³/mol. The van der Waals surface area contributed by atoms with Crippen LogP contribution in [0.1, 0.15) is 52.7 Å². The maximum atomic E-state index is 4.82. The summed E-state index contributed by atoms with van der Waals surface area (Å²) in [5.74, 6) is 1.15. The van der Waals surface area contributed by atoms with E-state index in [1.165, 1.54) is 19.3 Å². The van der Waals surface area contributed by atoms with Crippen molar-refractivity contribution in [3.63, 3.8) is 0 Å². The first kappa shape index (κ1) is 14.3. The van der Waals surface area contributed by atoms with Gasteiger partial charge in [-0.1, -0.05) is 13.0 Å². The molecule has 1 aromatic rings. The molecule has 3 heteroatoms. The van der Waals surface area contributed by atoms with Gasteiger partial charge < -0.3 is 10.2 Å². The molecule has 0 spiro atoms.